The van der Waals surface area contributed by atoms with Crippen molar-refractivity contribution >= 4 is 50.5 Å². The van der Waals surface area contributed by atoms with E-state index in [1.807, 2.05) is 32.0 Å². The normalized spacial score (nSPS) is 11.2. The highest BCUT2D eigenvalue weighted by Gasteiger charge is 2.29. The van der Waals surface area contributed by atoms with E-state index >= 15 is 0 Å². The van der Waals surface area contributed by atoms with Crippen LogP contribution in [0, 0.1) is 0 Å². The maximum atomic E-state index is 13.5. The van der Waals surface area contributed by atoms with Crippen molar-refractivity contribution in [3.8, 4) is 0 Å². The van der Waals surface area contributed by atoms with Gasteiger partial charge in [-0.25, -0.2) is 8.42 Å². The summed E-state index contributed by atoms with van der Waals surface area (Å²) in [5, 5.41) is 3.17. The van der Waals surface area contributed by atoms with E-state index in [-0.39, 0.29) is 20.6 Å². The molecule has 0 radical (unpaired) electrons. The number of carbonyl (C=O) groups excluding carboxylic acids is 1. The SMILES string of the molecule is CCc1cccc(CC)c1NC(=O)CN(c1cccc(Cl)c1Cl)S(=O)(=O)c1ccccc1. The fourth-order valence-electron chi connectivity index (χ4n) is 3.42. The average Bonchev–Trinajstić information content (AvgIpc) is 2.80. The molecule has 8 heteroatoms. The first-order chi connectivity index (χ1) is 15.3. The molecule has 3 rings (SSSR count). The molecule has 0 aliphatic carbocycles. The molecule has 168 valence electrons. The zero-order chi connectivity index (χ0) is 23.3. The van der Waals surface area contributed by atoms with Crippen molar-refractivity contribution in [1.82, 2.24) is 0 Å². The van der Waals surface area contributed by atoms with Gasteiger partial charge in [-0.1, -0.05) is 79.5 Å². The van der Waals surface area contributed by atoms with E-state index in [4.69, 9.17) is 23.2 Å². The minimum Gasteiger partial charge on any atom is -0.324 e. The van der Waals surface area contributed by atoms with Gasteiger partial charge in [-0.05, 0) is 48.2 Å². The number of sulfonamides is 1. The summed E-state index contributed by atoms with van der Waals surface area (Å²) in [6.45, 7) is 3.54. The molecule has 0 fully saturated rings. The molecule has 3 aromatic carbocycles. The first kappa shape index (κ1) is 24.1. The average molecular weight is 491 g/mol. The van der Waals surface area contributed by atoms with Gasteiger partial charge in [0.15, 0.2) is 0 Å². The zero-order valence-electron chi connectivity index (χ0n) is 17.8. The number of hydrogen-bond donors (Lipinski definition) is 1. The summed E-state index contributed by atoms with van der Waals surface area (Å²) in [6, 6.07) is 18.4. The Labute approximate surface area is 199 Å². The van der Waals surface area contributed by atoms with E-state index in [1.165, 1.54) is 18.2 Å². The molecule has 0 unspecified atom stereocenters. The molecule has 0 aromatic heterocycles. The number of nitrogens with zero attached hydrogens (tertiary/aromatic N) is 1. The summed E-state index contributed by atoms with van der Waals surface area (Å²) in [4.78, 5) is 13.2. The predicted octanol–water partition coefficient (Wildman–Crippen LogP) is 5.95. The number of carbonyl (C=O) groups is 1. The highest BCUT2D eigenvalue weighted by molar-refractivity contribution is 7.92. The van der Waals surface area contributed by atoms with Gasteiger partial charge in [-0.3, -0.25) is 9.10 Å². The number of hydrogen-bond acceptors (Lipinski definition) is 3. The van der Waals surface area contributed by atoms with Gasteiger partial charge < -0.3 is 5.32 Å². The topological polar surface area (TPSA) is 66.5 Å². The third-order valence-corrected chi connectivity index (χ3v) is 7.66. The smallest absolute Gasteiger partial charge is 0.264 e. The molecular weight excluding hydrogens is 467 g/mol. The van der Waals surface area contributed by atoms with Gasteiger partial charge in [0.25, 0.3) is 10.0 Å². The first-order valence-corrected chi connectivity index (χ1v) is 12.4. The van der Waals surface area contributed by atoms with Gasteiger partial charge in [0, 0.05) is 5.69 Å². The Bertz CT molecular complexity index is 1190. The quantitative estimate of drug-likeness (QED) is 0.423. The second-order valence-electron chi connectivity index (χ2n) is 7.10. The van der Waals surface area contributed by atoms with Crippen molar-refractivity contribution < 1.29 is 13.2 Å². The second-order valence-corrected chi connectivity index (χ2v) is 9.75. The van der Waals surface area contributed by atoms with Gasteiger partial charge in [0.05, 0.1) is 20.6 Å². The molecular formula is C24H24Cl2N2O3S. The third kappa shape index (κ3) is 5.09. The summed E-state index contributed by atoms with van der Waals surface area (Å²) >= 11 is 12.5. The lowest BCUT2D eigenvalue weighted by molar-refractivity contribution is -0.114. The highest BCUT2D eigenvalue weighted by atomic mass is 35.5. The Morgan fingerprint density at radius 1 is 0.875 bits per heavy atom. The van der Waals surface area contributed by atoms with E-state index in [2.05, 4.69) is 5.32 Å². The Kier molecular flexibility index (Phi) is 7.82. The fraction of sp³-hybridized carbons (Fsp3) is 0.208. The number of rotatable bonds is 8. The Morgan fingerprint density at radius 3 is 2.06 bits per heavy atom. The molecule has 1 amide bonds. The largest absolute Gasteiger partial charge is 0.324 e. The molecule has 0 aliphatic rings. The van der Waals surface area contributed by atoms with Crippen molar-refractivity contribution in [1.29, 1.82) is 0 Å². The molecule has 0 heterocycles. The number of nitrogens with one attached hydrogen (secondary N) is 1. The molecule has 0 bridgehead atoms. The van der Waals surface area contributed by atoms with Crippen molar-refractivity contribution in [2.45, 2.75) is 31.6 Å². The van der Waals surface area contributed by atoms with Gasteiger partial charge in [-0.2, -0.15) is 0 Å². The van der Waals surface area contributed by atoms with Crippen molar-refractivity contribution in [3.63, 3.8) is 0 Å². The Balaban J connectivity index is 2.03. The monoisotopic (exact) mass is 490 g/mol. The van der Waals surface area contributed by atoms with E-state index in [0.717, 1.165) is 34.0 Å². The molecule has 0 saturated heterocycles. The maximum Gasteiger partial charge on any atom is 0.264 e. The third-order valence-electron chi connectivity index (χ3n) is 5.08. The molecule has 0 saturated carbocycles. The van der Waals surface area contributed by atoms with Crippen molar-refractivity contribution in [2.75, 3.05) is 16.2 Å². The van der Waals surface area contributed by atoms with E-state index in [9.17, 15) is 13.2 Å². The lowest BCUT2D eigenvalue weighted by Gasteiger charge is -2.26. The molecule has 1 N–H and O–H groups in total. The molecule has 32 heavy (non-hydrogen) atoms. The number of para-hydroxylation sites is 1. The first-order valence-electron chi connectivity index (χ1n) is 10.2. The van der Waals surface area contributed by atoms with Crippen molar-refractivity contribution in [3.05, 3.63) is 87.9 Å². The molecule has 5 nitrogen and oxygen atoms in total. The lowest BCUT2D eigenvalue weighted by Crippen LogP contribution is -2.38. The van der Waals surface area contributed by atoms with Crippen LogP contribution in [0.2, 0.25) is 10.0 Å². The Morgan fingerprint density at radius 2 is 1.47 bits per heavy atom. The minimum atomic E-state index is -4.08. The van der Waals surface area contributed by atoms with Crippen molar-refractivity contribution in [2.24, 2.45) is 0 Å². The highest BCUT2D eigenvalue weighted by Crippen LogP contribution is 2.35. The van der Waals surface area contributed by atoms with E-state index in [1.54, 1.807) is 30.3 Å². The summed E-state index contributed by atoms with van der Waals surface area (Å²) in [7, 11) is -4.08. The summed E-state index contributed by atoms with van der Waals surface area (Å²) < 4.78 is 27.9. The van der Waals surface area contributed by atoms with Gasteiger partial charge in [-0.15, -0.1) is 0 Å². The van der Waals surface area contributed by atoms with Crippen LogP contribution in [0.1, 0.15) is 25.0 Å². The number of anilines is 2. The minimum absolute atomic E-state index is 0.0482. The predicted molar refractivity (Wildman–Crippen MR) is 131 cm³/mol. The van der Waals surface area contributed by atoms with Crippen LogP contribution < -0.4 is 9.62 Å². The van der Waals surface area contributed by atoms with Gasteiger partial charge in [0.2, 0.25) is 5.91 Å². The summed E-state index contributed by atoms with van der Waals surface area (Å²) in [5.41, 5.74) is 2.82. The summed E-state index contributed by atoms with van der Waals surface area (Å²) in [6.07, 6.45) is 1.46. The van der Waals surface area contributed by atoms with Gasteiger partial charge in [0.1, 0.15) is 6.54 Å². The number of amides is 1. The maximum absolute atomic E-state index is 13.5. The number of halogens is 2. The second kappa shape index (κ2) is 10.4. The van der Waals surface area contributed by atoms with Gasteiger partial charge >= 0.3 is 0 Å². The van der Waals surface area contributed by atoms with Crippen LogP contribution in [0.4, 0.5) is 11.4 Å². The standard InChI is InChI=1S/C24H24Cl2N2O3S/c1-3-17-10-8-11-18(4-2)24(17)27-22(29)16-28(21-15-9-14-20(25)23(21)26)32(30,31)19-12-6-5-7-13-19/h5-15H,3-4,16H2,1-2H3,(H,27,29). The zero-order valence-corrected chi connectivity index (χ0v) is 20.1. The van der Waals surface area contributed by atoms with Crippen LogP contribution in [0.5, 0.6) is 0 Å². The van der Waals surface area contributed by atoms with Crippen LogP contribution in [0.3, 0.4) is 0 Å². The molecule has 3 aromatic rings. The van der Waals surface area contributed by atoms with Crippen LogP contribution in [-0.2, 0) is 27.7 Å². The van der Waals surface area contributed by atoms with Crippen LogP contribution in [-0.4, -0.2) is 20.9 Å². The van der Waals surface area contributed by atoms with E-state index < -0.39 is 22.5 Å². The van der Waals surface area contributed by atoms with Crippen LogP contribution in [0.15, 0.2) is 71.6 Å². The van der Waals surface area contributed by atoms with Crippen LogP contribution in [0.25, 0.3) is 0 Å². The molecule has 0 atom stereocenters. The van der Waals surface area contributed by atoms with Crippen LogP contribution >= 0.6 is 23.2 Å². The molecule has 0 spiro atoms. The number of benzene rings is 3. The Hall–Kier alpha value is -2.54. The fourth-order valence-corrected chi connectivity index (χ4v) is 5.32. The summed E-state index contributed by atoms with van der Waals surface area (Å²) in [5.74, 6) is -0.476. The lowest BCUT2D eigenvalue weighted by atomic mass is 10.0. The number of aryl methyl sites for hydroxylation is 2. The molecule has 0 aliphatic heterocycles. The van der Waals surface area contributed by atoms with E-state index in [0.29, 0.717) is 0 Å².